The van der Waals surface area contributed by atoms with Gasteiger partial charge in [0.25, 0.3) is 12.3 Å². The average Bonchev–Trinajstić information content (AvgIpc) is 3.51. The van der Waals surface area contributed by atoms with Crippen molar-refractivity contribution in [2.24, 2.45) is 11.1 Å². The largest absolute Gasteiger partial charge is 0.474 e. The van der Waals surface area contributed by atoms with Crippen LogP contribution in [0.5, 0.6) is 5.88 Å². The number of ether oxygens (including phenoxy) is 1. The van der Waals surface area contributed by atoms with Gasteiger partial charge in [0.05, 0.1) is 5.52 Å². The van der Waals surface area contributed by atoms with E-state index < -0.39 is 30.0 Å². The number of amides is 1. The summed E-state index contributed by atoms with van der Waals surface area (Å²) in [7, 11) is 0. The number of hydrogen-bond donors (Lipinski definition) is 3. The van der Waals surface area contributed by atoms with E-state index in [2.05, 4.69) is 25.5 Å². The highest BCUT2D eigenvalue weighted by Crippen LogP contribution is 2.56. The molecule has 0 bridgehead atoms. The minimum atomic E-state index is -4.74. The third kappa shape index (κ3) is 4.55. The lowest BCUT2D eigenvalue weighted by atomic mass is 9.53. The number of H-pyrrole nitrogens is 1. The smallest absolute Gasteiger partial charge is 0.435 e. The number of imidazole rings is 1. The Hall–Kier alpha value is -4.07. The molecule has 210 valence electrons. The summed E-state index contributed by atoms with van der Waals surface area (Å²) in [5, 5.41) is 8.26. The first-order valence-electron chi connectivity index (χ1n) is 12.6. The Morgan fingerprint density at radius 2 is 2.00 bits per heavy atom. The molecule has 2 saturated carbocycles. The summed E-state index contributed by atoms with van der Waals surface area (Å²) in [5.74, 6) is -0.833. The standard InChI is InChI=1S/C26H24F5N7O2/c27-21(28)22-36-19(18-4-3-14(12-38(18)22)17-11-34-37-20(17)26(29,30)31)23(39)35-15-6-25(7-15)8-16(9-25)40-24-13(10-32)2-1-5-33-24/h1-5,11-12,15-16,21H,6-10,32H2,(H,34,37)(H,35,39). The number of pyridine rings is 2. The van der Waals surface area contributed by atoms with Crippen molar-refractivity contribution in [1.82, 2.24) is 29.9 Å². The van der Waals surface area contributed by atoms with E-state index in [0.29, 0.717) is 25.3 Å². The second kappa shape index (κ2) is 9.54. The molecule has 4 aromatic rings. The van der Waals surface area contributed by atoms with E-state index in [4.69, 9.17) is 10.5 Å². The monoisotopic (exact) mass is 561 g/mol. The highest BCUT2D eigenvalue weighted by molar-refractivity contribution is 5.99. The Balaban J connectivity index is 1.14. The SMILES string of the molecule is NCc1cccnc1OC1CC2(CC(NC(=O)c3nc(C(F)F)n4cc(-c5c[nH]nc5C(F)(F)F)ccc34)C2)C1. The van der Waals surface area contributed by atoms with Gasteiger partial charge < -0.3 is 15.8 Å². The van der Waals surface area contributed by atoms with E-state index >= 15 is 0 Å². The first kappa shape index (κ1) is 26.2. The highest BCUT2D eigenvalue weighted by Gasteiger charge is 2.54. The molecular weight excluding hydrogens is 537 g/mol. The van der Waals surface area contributed by atoms with Crippen molar-refractivity contribution in [3.8, 4) is 17.0 Å². The molecule has 1 spiro atoms. The summed E-state index contributed by atoms with van der Waals surface area (Å²) in [6.45, 7) is 0.324. The van der Waals surface area contributed by atoms with E-state index in [9.17, 15) is 26.7 Å². The molecule has 4 heterocycles. The minimum absolute atomic E-state index is 0.00446. The van der Waals surface area contributed by atoms with E-state index in [1.54, 1.807) is 12.3 Å². The molecule has 2 aliphatic carbocycles. The van der Waals surface area contributed by atoms with Crippen LogP contribution in [0.3, 0.4) is 0 Å². The number of aromatic nitrogens is 5. The molecule has 4 N–H and O–H groups in total. The highest BCUT2D eigenvalue weighted by atomic mass is 19.4. The van der Waals surface area contributed by atoms with E-state index in [1.165, 1.54) is 12.1 Å². The number of halogens is 5. The van der Waals surface area contributed by atoms with E-state index in [0.717, 1.165) is 35.2 Å². The molecule has 0 unspecified atom stereocenters. The molecule has 1 amide bonds. The number of carbonyl (C=O) groups is 1. The van der Waals surface area contributed by atoms with Crippen LogP contribution >= 0.6 is 0 Å². The van der Waals surface area contributed by atoms with Gasteiger partial charge >= 0.3 is 6.18 Å². The van der Waals surface area contributed by atoms with E-state index in [1.807, 2.05) is 6.07 Å². The molecule has 0 aromatic carbocycles. The molecule has 0 saturated heterocycles. The maximum atomic E-state index is 13.8. The number of fused-ring (bicyclic) bond motifs is 1. The van der Waals surface area contributed by atoms with Crippen LogP contribution in [-0.2, 0) is 12.7 Å². The fourth-order valence-corrected chi connectivity index (χ4v) is 5.82. The Morgan fingerprint density at radius 1 is 1.23 bits per heavy atom. The third-order valence-electron chi connectivity index (χ3n) is 7.66. The Labute approximate surface area is 223 Å². The molecule has 4 aromatic heterocycles. The first-order valence-corrected chi connectivity index (χ1v) is 12.6. The number of hydrogen-bond acceptors (Lipinski definition) is 6. The summed E-state index contributed by atoms with van der Waals surface area (Å²) < 4.78 is 74.5. The Kier molecular flexibility index (Phi) is 6.24. The Morgan fingerprint density at radius 3 is 2.70 bits per heavy atom. The number of rotatable bonds is 7. The van der Waals surface area contributed by atoms with Crippen LogP contribution in [0.15, 0.2) is 42.9 Å². The molecular formula is C26H24F5N7O2. The number of carbonyl (C=O) groups excluding carboxylic acids is 1. The molecule has 0 atom stereocenters. The Bertz CT molecular complexity index is 1570. The average molecular weight is 562 g/mol. The molecule has 6 rings (SSSR count). The summed E-state index contributed by atoms with van der Waals surface area (Å²) >= 11 is 0. The lowest BCUT2D eigenvalue weighted by molar-refractivity contribution is -0.140. The topological polar surface area (TPSA) is 123 Å². The van der Waals surface area contributed by atoms with Gasteiger partial charge in [-0.1, -0.05) is 12.1 Å². The maximum Gasteiger partial charge on any atom is 0.435 e. The molecule has 9 nitrogen and oxygen atoms in total. The van der Waals surface area contributed by atoms with Gasteiger partial charge in [0.15, 0.2) is 17.2 Å². The number of nitrogens with one attached hydrogen (secondary N) is 2. The molecule has 0 aliphatic heterocycles. The fourth-order valence-electron chi connectivity index (χ4n) is 5.82. The second-order valence-corrected chi connectivity index (χ2v) is 10.3. The van der Waals surface area contributed by atoms with E-state index in [-0.39, 0.29) is 39.9 Å². The van der Waals surface area contributed by atoms with Crippen LogP contribution in [-0.4, -0.2) is 42.6 Å². The van der Waals surface area contributed by atoms with Crippen molar-refractivity contribution in [3.05, 3.63) is 65.6 Å². The minimum Gasteiger partial charge on any atom is -0.474 e. The van der Waals surface area contributed by atoms with Gasteiger partial charge in [-0.15, -0.1) is 0 Å². The second-order valence-electron chi connectivity index (χ2n) is 10.3. The van der Waals surface area contributed by atoms with Gasteiger partial charge in [-0.25, -0.2) is 18.7 Å². The predicted octanol–water partition coefficient (Wildman–Crippen LogP) is 4.65. The predicted molar refractivity (Wildman–Crippen MR) is 131 cm³/mol. The first-order chi connectivity index (χ1) is 19.1. The number of aromatic amines is 1. The third-order valence-corrected chi connectivity index (χ3v) is 7.66. The zero-order valence-electron chi connectivity index (χ0n) is 20.9. The van der Waals surface area contributed by atoms with Gasteiger partial charge in [-0.2, -0.15) is 18.3 Å². The van der Waals surface area contributed by atoms with Gasteiger partial charge in [0, 0.05) is 47.9 Å². The quantitative estimate of drug-likeness (QED) is 0.282. The maximum absolute atomic E-state index is 13.8. The summed E-state index contributed by atoms with van der Waals surface area (Å²) in [4.78, 5) is 21.2. The zero-order valence-corrected chi connectivity index (χ0v) is 20.9. The van der Waals surface area contributed by atoms with Gasteiger partial charge in [-0.3, -0.25) is 14.3 Å². The molecule has 14 heteroatoms. The van der Waals surface area contributed by atoms with Crippen LogP contribution in [0.1, 0.15) is 59.7 Å². The molecule has 0 radical (unpaired) electrons. The van der Waals surface area contributed by atoms with Crippen LogP contribution in [0.4, 0.5) is 22.0 Å². The fraction of sp³-hybridized carbons (Fsp3) is 0.385. The number of nitrogens with two attached hydrogens (primary N) is 1. The van der Waals surface area contributed by atoms with Crippen molar-refractivity contribution in [1.29, 1.82) is 0 Å². The molecule has 40 heavy (non-hydrogen) atoms. The van der Waals surface area contributed by atoms with Crippen molar-refractivity contribution < 1.29 is 31.5 Å². The lowest BCUT2D eigenvalue weighted by Gasteiger charge is -2.57. The van der Waals surface area contributed by atoms with Crippen LogP contribution in [0.25, 0.3) is 16.6 Å². The normalized spacial score (nSPS) is 22.4. The van der Waals surface area contributed by atoms with Crippen molar-refractivity contribution in [2.75, 3.05) is 0 Å². The van der Waals surface area contributed by atoms with Crippen LogP contribution < -0.4 is 15.8 Å². The summed E-state index contributed by atoms with van der Waals surface area (Å²) in [6.07, 6.45) is -0.982. The van der Waals surface area contributed by atoms with Crippen molar-refractivity contribution >= 4 is 11.4 Å². The van der Waals surface area contributed by atoms with Crippen LogP contribution in [0.2, 0.25) is 0 Å². The van der Waals surface area contributed by atoms with Crippen LogP contribution in [0, 0.1) is 5.41 Å². The van der Waals surface area contributed by atoms with Gasteiger partial charge in [-0.05, 0) is 43.2 Å². The number of nitrogens with zero attached hydrogens (tertiary/aromatic N) is 4. The zero-order chi connectivity index (χ0) is 28.2. The molecule has 2 fully saturated rings. The summed E-state index contributed by atoms with van der Waals surface area (Å²) in [5.41, 5.74) is 4.97. The van der Waals surface area contributed by atoms with Gasteiger partial charge in [0.1, 0.15) is 6.10 Å². The lowest BCUT2D eigenvalue weighted by Crippen LogP contribution is -2.58. The number of alkyl halides is 5. The van der Waals surface area contributed by atoms with Gasteiger partial charge in [0.2, 0.25) is 5.88 Å². The summed E-state index contributed by atoms with van der Waals surface area (Å²) in [6, 6.07) is 6.12. The van der Waals surface area contributed by atoms with Crippen molar-refractivity contribution in [2.45, 2.75) is 57.0 Å². The molecule has 2 aliphatic rings. The van der Waals surface area contributed by atoms with Crippen molar-refractivity contribution in [3.63, 3.8) is 0 Å².